The first-order valence-electron chi connectivity index (χ1n) is 6.58. The summed E-state index contributed by atoms with van der Waals surface area (Å²) in [7, 11) is 0. The number of hydrogen-bond acceptors (Lipinski definition) is 3. The number of piperidine rings is 1. The second kappa shape index (κ2) is 8.71. The minimum Gasteiger partial charge on any atom is -0.317 e. The molecular weight excluding hydrogens is 323 g/mol. The van der Waals surface area contributed by atoms with E-state index >= 15 is 0 Å². The Balaban J connectivity index is 0.00000180. The molecule has 1 aliphatic rings. The van der Waals surface area contributed by atoms with Gasteiger partial charge in [0, 0.05) is 12.6 Å². The summed E-state index contributed by atoms with van der Waals surface area (Å²) < 4.78 is 0.716. The molecule has 1 aromatic rings. The van der Waals surface area contributed by atoms with E-state index in [1.54, 1.807) is 0 Å². The zero-order valence-corrected chi connectivity index (χ0v) is 14.3. The molecule has 6 heteroatoms. The lowest BCUT2D eigenvalue weighted by Gasteiger charge is -2.34. The smallest absolute Gasteiger partial charge is 0.112 e. The fourth-order valence-corrected chi connectivity index (χ4v) is 3.77. The van der Waals surface area contributed by atoms with E-state index in [4.69, 9.17) is 23.2 Å². The summed E-state index contributed by atoms with van der Waals surface area (Å²) in [4.78, 5) is 2.56. The molecular formula is C13H21Cl3N2S. The van der Waals surface area contributed by atoms with E-state index in [-0.39, 0.29) is 12.4 Å². The Hall–Kier alpha value is 0.490. The Morgan fingerprint density at radius 3 is 2.58 bits per heavy atom. The highest BCUT2D eigenvalue weighted by Crippen LogP contribution is 2.33. The zero-order valence-electron chi connectivity index (χ0n) is 11.1. The standard InChI is InChI=1S/C13H20Cl2N2S.ClH/c1-2-7-17(11-3-5-16-6-4-11)8-10-9-18-13(15)12(10)14;/h9,11,16H,2-8H2,1H3;1H. The molecule has 0 spiro atoms. The first-order valence-corrected chi connectivity index (χ1v) is 8.22. The van der Waals surface area contributed by atoms with Gasteiger partial charge in [-0.15, -0.1) is 23.7 Å². The van der Waals surface area contributed by atoms with Crippen LogP contribution in [0.1, 0.15) is 31.7 Å². The Labute approximate surface area is 135 Å². The molecule has 1 aliphatic heterocycles. The third kappa shape index (κ3) is 4.76. The number of thiophene rings is 1. The van der Waals surface area contributed by atoms with Gasteiger partial charge in [0.25, 0.3) is 0 Å². The van der Waals surface area contributed by atoms with Gasteiger partial charge in [0.05, 0.1) is 5.02 Å². The van der Waals surface area contributed by atoms with E-state index in [1.165, 1.54) is 36.2 Å². The molecule has 1 saturated heterocycles. The van der Waals surface area contributed by atoms with Gasteiger partial charge in [0.1, 0.15) is 4.34 Å². The summed E-state index contributed by atoms with van der Waals surface area (Å²) in [6.45, 7) is 6.55. The second-order valence-electron chi connectivity index (χ2n) is 4.80. The third-order valence-electron chi connectivity index (χ3n) is 3.47. The summed E-state index contributed by atoms with van der Waals surface area (Å²) >= 11 is 13.8. The first kappa shape index (κ1) is 17.5. The topological polar surface area (TPSA) is 15.3 Å². The summed E-state index contributed by atoms with van der Waals surface area (Å²) in [5, 5.41) is 6.26. The quantitative estimate of drug-likeness (QED) is 0.850. The molecule has 0 aliphatic carbocycles. The Kier molecular flexibility index (Phi) is 8.04. The zero-order chi connectivity index (χ0) is 13.0. The molecule has 110 valence electrons. The van der Waals surface area contributed by atoms with E-state index in [1.807, 2.05) is 0 Å². The van der Waals surface area contributed by atoms with Crippen LogP contribution >= 0.6 is 46.9 Å². The summed E-state index contributed by atoms with van der Waals surface area (Å²) in [6, 6.07) is 0.681. The monoisotopic (exact) mass is 342 g/mol. The Morgan fingerprint density at radius 2 is 2.05 bits per heavy atom. The third-order valence-corrected chi connectivity index (χ3v) is 5.38. The normalized spacial score (nSPS) is 16.6. The lowest BCUT2D eigenvalue weighted by atomic mass is 10.0. The molecule has 0 bridgehead atoms. The van der Waals surface area contributed by atoms with Crippen molar-refractivity contribution in [1.82, 2.24) is 10.2 Å². The van der Waals surface area contributed by atoms with Crippen molar-refractivity contribution in [2.24, 2.45) is 0 Å². The highest BCUT2D eigenvalue weighted by Gasteiger charge is 2.21. The molecule has 2 heterocycles. The fourth-order valence-electron chi connectivity index (χ4n) is 2.53. The lowest BCUT2D eigenvalue weighted by Crippen LogP contribution is -2.43. The van der Waals surface area contributed by atoms with E-state index in [0.29, 0.717) is 10.4 Å². The highest BCUT2D eigenvalue weighted by molar-refractivity contribution is 7.15. The minimum atomic E-state index is 0. The van der Waals surface area contributed by atoms with Crippen LogP contribution in [0.4, 0.5) is 0 Å². The van der Waals surface area contributed by atoms with Crippen LogP contribution in [0.15, 0.2) is 5.38 Å². The second-order valence-corrected chi connectivity index (χ2v) is 6.66. The van der Waals surface area contributed by atoms with Crippen LogP contribution in [-0.2, 0) is 6.54 Å². The van der Waals surface area contributed by atoms with Crippen molar-refractivity contribution in [3.8, 4) is 0 Å². The van der Waals surface area contributed by atoms with Gasteiger partial charge in [-0.3, -0.25) is 4.90 Å². The highest BCUT2D eigenvalue weighted by atomic mass is 35.5. The molecule has 2 nitrogen and oxygen atoms in total. The lowest BCUT2D eigenvalue weighted by molar-refractivity contribution is 0.154. The van der Waals surface area contributed by atoms with Crippen molar-refractivity contribution < 1.29 is 0 Å². The van der Waals surface area contributed by atoms with Crippen LogP contribution in [0.3, 0.4) is 0 Å². The van der Waals surface area contributed by atoms with E-state index in [0.717, 1.165) is 31.2 Å². The maximum absolute atomic E-state index is 6.23. The predicted octanol–water partition coefficient (Wildman–Crippen LogP) is 4.44. The van der Waals surface area contributed by atoms with Crippen molar-refractivity contribution in [2.45, 2.75) is 38.8 Å². The number of rotatable bonds is 5. The van der Waals surface area contributed by atoms with Gasteiger partial charge < -0.3 is 5.32 Å². The maximum Gasteiger partial charge on any atom is 0.112 e. The fraction of sp³-hybridized carbons (Fsp3) is 0.692. The number of nitrogens with zero attached hydrogens (tertiary/aromatic N) is 1. The van der Waals surface area contributed by atoms with Crippen LogP contribution in [0.25, 0.3) is 0 Å². The largest absolute Gasteiger partial charge is 0.317 e. The van der Waals surface area contributed by atoms with Crippen LogP contribution in [-0.4, -0.2) is 30.6 Å². The van der Waals surface area contributed by atoms with Crippen molar-refractivity contribution in [1.29, 1.82) is 0 Å². The van der Waals surface area contributed by atoms with Crippen LogP contribution in [0.5, 0.6) is 0 Å². The van der Waals surface area contributed by atoms with Gasteiger partial charge in [-0.25, -0.2) is 0 Å². The number of hydrogen-bond donors (Lipinski definition) is 1. The van der Waals surface area contributed by atoms with E-state index in [9.17, 15) is 0 Å². The average molecular weight is 344 g/mol. The SMILES string of the molecule is CCCN(Cc1csc(Cl)c1Cl)C1CCNCC1.Cl. The van der Waals surface area contributed by atoms with Crippen molar-refractivity contribution in [2.75, 3.05) is 19.6 Å². The summed E-state index contributed by atoms with van der Waals surface area (Å²) in [5.41, 5.74) is 1.18. The molecule has 0 unspecified atom stereocenters. The van der Waals surface area contributed by atoms with Gasteiger partial charge in [-0.2, -0.15) is 0 Å². The molecule has 1 aromatic heterocycles. The summed E-state index contributed by atoms with van der Waals surface area (Å²) in [6.07, 6.45) is 3.64. The molecule has 0 saturated carbocycles. The molecule has 2 rings (SSSR count). The molecule has 0 aromatic carbocycles. The molecule has 19 heavy (non-hydrogen) atoms. The van der Waals surface area contributed by atoms with Crippen LogP contribution in [0, 0.1) is 0 Å². The van der Waals surface area contributed by atoms with Crippen LogP contribution < -0.4 is 5.32 Å². The number of nitrogens with one attached hydrogen (secondary N) is 1. The van der Waals surface area contributed by atoms with Gasteiger partial charge in [-0.1, -0.05) is 30.1 Å². The van der Waals surface area contributed by atoms with Gasteiger partial charge >= 0.3 is 0 Å². The predicted molar refractivity (Wildman–Crippen MR) is 88.2 cm³/mol. The number of halogens is 3. The van der Waals surface area contributed by atoms with Crippen LogP contribution in [0.2, 0.25) is 9.36 Å². The van der Waals surface area contributed by atoms with Gasteiger partial charge in [-0.05, 0) is 49.8 Å². The van der Waals surface area contributed by atoms with Gasteiger partial charge in [0.2, 0.25) is 0 Å². The molecule has 0 amide bonds. The van der Waals surface area contributed by atoms with E-state index in [2.05, 4.69) is 22.5 Å². The molecule has 0 atom stereocenters. The Morgan fingerprint density at radius 1 is 1.37 bits per heavy atom. The van der Waals surface area contributed by atoms with Crippen molar-refractivity contribution >= 4 is 46.9 Å². The maximum atomic E-state index is 6.23. The van der Waals surface area contributed by atoms with E-state index < -0.39 is 0 Å². The first-order chi connectivity index (χ1) is 8.72. The summed E-state index contributed by atoms with van der Waals surface area (Å²) in [5.74, 6) is 0. The van der Waals surface area contributed by atoms with Crippen molar-refractivity contribution in [3.63, 3.8) is 0 Å². The average Bonchev–Trinajstić information content (AvgIpc) is 2.71. The molecule has 1 N–H and O–H groups in total. The van der Waals surface area contributed by atoms with Gasteiger partial charge in [0.15, 0.2) is 0 Å². The molecule has 1 fully saturated rings. The Bertz CT molecular complexity index is 378. The molecule has 0 radical (unpaired) electrons. The van der Waals surface area contributed by atoms with Crippen molar-refractivity contribution in [3.05, 3.63) is 20.3 Å². The minimum absolute atomic E-state index is 0.